The van der Waals surface area contributed by atoms with Gasteiger partial charge in [-0.15, -0.1) is 0 Å². The predicted molar refractivity (Wildman–Crippen MR) is 108 cm³/mol. The summed E-state index contributed by atoms with van der Waals surface area (Å²) < 4.78 is 47.8. The van der Waals surface area contributed by atoms with Crippen LogP contribution in [0.3, 0.4) is 0 Å². The summed E-state index contributed by atoms with van der Waals surface area (Å²) >= 11 is 0. The molecule has 3 aliphatic rings. The molecule has 5 rings (SSSR count). The lowest BCUT2D eigenvalue weighted by molar-refractivity contribution is -0.174. The maximum Gasteiger partial charge on any atom is 0.410 e. The van der Waals surface area contributed by atoms with Crippen molar-refractivity contribution in [1.82, 2.24) is 14.7 Å². The lowest BCUT2D eigenvalue weighted by Crippen LogP contribution is -2.38. The molecule has 31 heavy (non-hydrogen) atoms. The lowest BCUT2D eigenvalue weighted by atomic mass is 9.65. The average molecular weight is 436 g/mol. The number of furan rings is 1. The number of amides is 1. The minimum absolute atomic E-state index is 0.0402. The van der Waals surface area contributed by atoms with Gasteiger partial charge in [0.1, 0.15) is 11.6 Å². The Morgan fingerprint density at radius 1 is 1.29 bits per heavy atom. The van der Waals surface area contributed by atoms with Crippen LogP contribution in [0.25, 0.3) is 0 Å². The third kappa shape index (κ3) is 3.51. The summed E-state index contributed by atoms with van der Waals surface area (Å²) in [7, 11) is 0. The lowest BCUT2D eigenvalue weighted by Gasteiger charge is -2.39. The Morgan fingerprint density at radius 3 is 2.74 bits per heavy atom. The number of likely N-dealkylation sites (tertiary alicyclic amines) is 1. The Bertz CT molecular complexity index is 997. The highest BCUT2D eigenvalue weighted by atomic mass is 19.4. The molecule has 1 saturated carbocycles. The predicted octanol–water partition coefficient (Wildman–Crippen LogP) is 5.18. The Morgan fingerprint density at radius 2 is 2.06 bits per heavy atom. The van der Waals surface area contributed by atoms with E-state index in [-0.39, 0.29) is 40.7 Å². The fourth-order valence-corrected chi connectivity index (χ4v) is 6.20. The molecule has 4 atom stereocenters. The summed E-state index contributed by atoms with van der Waals surface area (Å²) in [6.45, 7) is 7.25. The Hall–Kier alpha value is -2.45. The number of carbonyl (C=O) groups excluding carboxylic acids is 1. The van der Waals surface area contributed by atoms with E-state index in [9.17, 15) is 18.0 Å². The molecule has 168 valence electrons. The Kier molecular flexibility index (Phi) is 4.31. The molecule has 2 aliphatic heterocycles. The number of aromatic nitrogens is 2. The Labute approximate surface area is 178 Å². The van der Waals surface area contributed by atoms with Crippen LogP contribution in [0, 0.1) is 10.8 Å². The maximum atomic E-state index is 13.8. The third-order valence-corrected chi connectivity index (χ3v) is 6.97. The van der Waals surface area contributed by atoms with Crippen molar-refractivity contribution in [1.29, 1.82) is 0 Å². The highest BCUT2D eigenvalue weighted by Gasteiger charge is 2.52. The summed E-state index contributed by atoms with van der Waals surface area (Å²) in [4.78, 5) is 15.2. The van der Waals surface area contributed by atoms with Crippen molar-refractivity contribution in [3.8, 4) is 0 Å². The molecule has 9 heteroatoms. The van der Waals surface area contributed by atoms with Crippen molar-refractivity contribution in [2.45, 2.75) is 70.8 Å². The molecular weight excluding hydrogens is 409 g/mol. The minimum Gasteiger partial charge on any atom is -0.467 e. The van der Waals surface area contributed by atoms with E-state index in [0.717, 1.165) is 23.9 Å². The molecule has 0 spiro atoms. The third-order valence-electron chi connectivity index (χ3n) is 6.97. The van der Waals surface area contributed by atoms with Gasteiger partial charge in [-0.25, -0.2) is 4.68 Å². The molecule has 2 aromatic heterocycles. The largest absolute Gasteiger partial charge is 0.467 e. The topological polar surface area (TPSA) is 63.3 Å². The molecule has 6 nitrogen and oxygen atoms in total. The number of alkyl halides is 3. The van der Waals surface area contributed by atoms with Crippen molar-refractivity contribution < 1.29 is 22.4 Å². The fraction of sp³-hybridized carbons (Fsp3) is 0.636. The van der Waals surface area contributed by atoms with Crippen molar-refractivity contribution >= 4 is 11.7 Å². The van der Waals surface area contributed by atoms with Crippen LogP contribution >= 0.6 is 0 Å². The number of hydrogen-bond donors (Lipinski definition) is 1. The van der Waals surface area contributed by atoms with E-state index in [1.807, 2.05) is 4.90 Å². The number of nitrogens with zero attached hydrogens (tertiary/aromatic N) is 3. The number of halogens is 3. The molecule has 1 saturated heterocycles. The summed E-state index contributed by atoms with van der Waals surface area (Å²) in [5, 5.41) is 7.21. The van der Waals surface area contributed by atoms with Crippen LogP contribution in [0.5, 0.6) is 0 Å². The van der Waals surface area contributed by atoms with Gasteiger partial charge in [-0.3, -0.25) is 4.79 Å². The molecule has 1 N–H and O–H groups in total. The quantitative estimate of drug-likeness (QED) is 0.705. The number of rotatable bonds is 2. The molecule has 0 aromatic carbocycles. The van der Waals surface area contributed by atoms with Gasteiger partial charge in [-0.2, -0.15) is 18.3 Å². The van der Waals surface area contributed by atoms with E-state index in [2.05, 4.69) is 31.2 Å². The minimum atomic E-state index is -4.49. The monoisotopic (exact) mass is 436 g/mol. The van der Waals surface area contributed by atoms with E-state index >= 15 is 0 Å². The Balaban J connectivity index is 1.46. The number of nitrogens with one attached hydrogen (secondary N) is 1. The second-order valence-electron chi connectivity index (χ2n) is 10.5. The zero-order valence-electron chi connectivity index (χ0n) is 17.9. The number of hydrogen-bond acceptors (Lipinski definition) is 4. The van der Waals surface area contributed by atoms with Gasteiger partial charge in [0.05, 0.1) is 12.3 Å². The van der Waals surface area contributed by atoms with E-state index in [0.29, 0.717) is 12.3 Å². The second-order valence-corrected chi connectivity index (χ2v) is 10.5. The van der Waals surface area contributed by atoms with Gasteiger partial charge in [0.2, 0.25) is 0 Å². The van der Waals surface area contributed by atoms with Gasteiger partial charge in [-0.1, -0.05) is 20.8 Å². The van der Waals surface area contributed by atoms with E-state index in [1.54, 1.807) is 12.1 Å². The summed E-state index contributed by atoms with van der Waals surface area (Å²) in [5.41, 5.74) is 0.239. The van der Waals surface area contributed by atoms with Gasteiger partial charge < -0.3 is 14.6 Å². The molecule has 4 heterocycles. The van der Waals surface area contributed by atoms with Crippen LogP contribution in [0.1, 0.15) is 74.8 Å². The number of anilines is 1. The van der Waals surface area contributed by atoms with Gasteiger partial charge in [0.25, 0.3) is 5.91 Å². The van der Waals surface area contributed by atoms with Crippen molar-refractivity contribution in [2.75, 3.05) is 11.9 Å². The summed E-state index contributed by atoms with van der Waals surface area (Å²) in [6.07, 6.45) is -0.449. The number of carbonyl (C=O) groups is 1. The van der Waals surface area contributed by atoms with E-state index in [4.69, 9.17) is 4.42 Å². The first kappa shape index (κ1) is 20.5. The van der Waals surface area contributed by atoms with Gasteiger partial charge in [0.15, 0.2) is 11.7 Å². The smallest absolute Gasteiger partial charge is 0.410 e. The molecule has 2 fully saturated rings. The van der Waals surface area contributed by atoms with E-state index in [1.165, 1.54) is 12.3 Å². The molecule has 1 amide bonds. The van der Waals surface area contributed by atoms with Gasteiger partial charge >= 0.3 is 6.18 Å². The fourth-order valence-electron chi connectivity index (χ4n) is 6.20. The molecular formula is C22H27F3N4O2. The van der Waals surface area contributed by atoms with Crippen LogP contribution in [-0.4, -0.2) is 39.4 Å². The zero-order valence-corrected chi connectivity index (χ0v) is 17.9. The van der Waals surface area contributed by atoms with Crippen molar-refractivity contribution in [2.24, 2.45) is 10.8 Å². The second kappa shape index (κ2) is 6.53. The molecule has 1 aliphatic carbocycles. The van der Waals surface area contributed by atoms with Crippen LogP contribution in [0.2, 0.25) is 0 Å². The highest BCUT2D eigenvalue weighted by Crippen LogP contribution is 2.53. The van der Waals surface area contributed by atoms with Crippen molar-refractivity contribution in [3.63, 3.8) is 0 Å². The van der Waals surface area contributed by atoms with E-state index < -0.39 is 18.3 Å². The van der Waals surface area contributed by atoms with Crippen LogP contribution < -0.4 is 5.32 Å². The zero-order chi connectivity index (χ0) is 22.2. The SMILES string of the molecule is CC1(C)CC2CC(C)(CN2C(=O)c2cc3n(n2)C(C(F)(F)F)CC(c2ccco2)N3)C1. The molecule has 2 aromatic rings. The van der Waals surface area contributed by atoms with Crippen LogP contribution in [-0.2, 0) is 0 Å². The first-order valence-corrected chi connectivity index (χ1v) is 10.7. The normalized spacial score (nSPS) is 31.9. The summed E-state index contributed by atoms with van der Waals surface area (Å²) in [6, 6.07) is 2.38. The standard InChI is InChI=1S/C22H27F3N4O2/c1-20(2)9-13-10-21(3,11-20)12-28(13)19(30)15-8-18-26-14(16-5-4-6-31-16)7-17(22(23,24)25)29(18)27-15/h4-6,8,13-14,17,26H,7,9-12H2,1-3H3. The molecule has 2 bridgehead atoms. The first-order chi connectivity index (χ1) is 14.4. The first-order valence-electron chi connectivity index (χ1n) is 10.7. The van der Waals surface area contributed by atoms with Crippen molar-refractivity contribution in [3.05, 3.63) is 35.9 Å². The molecule has 0 radical (unpaired) electrons. The van der Waals surface area contributed by atoms with Crippen LogP contribution in [0.15, 0.2) is 28.9 Å². The maximum absolute atomic E-state index is 13.8. The summed E-state index contributed by atoms with van der Waals surface area (Å²) in [5.74, 6) is 0.329. The van der Waals surface area contributed by atoms with Crippen LogP contribution in [0.4, 0.5) is 19.0 Å². The van der Waals surface area contributed by atoms with Gasteiger partial charge in [-0.05, 0) is 42.2 Å². The number of fused-ring (bicyclic) bond motifs is 3. The average Bonchev–Trinajstić information content (AvgIpc) is 3.35. The van der Waals surface area contributed by atoms with Gasteiger partial charge in [0, 0.05) is 25.1 Å². The highest BCUT2D eigenvalue weighted by molar-refractivity contribution is 5.93. The molecule has 4 unspecified atom stereocenters.